The summed E-state index contributed by atoms with van der Waals surface area (Å²) in [5, 5.41) is 14.3. The van der Waals surface area contributed by atoms with Gasteiger partial charge in [-0.25, -0.2) is 0 Å². The number of rotatable bonds is 21. The lowest BCUT2D eigenvalue weighted by molar-refractivity contribution is -0.137. The topological polar surface area (TPSA) is 206 Å². The number of carbonyl (C=O) groups excluding carboxylic acids is 6. The molecule has 2 heterocycles. The van der Waals surface area contributed by atoms with Crippen LogP contribution in [0.15, 0.2) is 36.4 Å². The number of benzene rings is 2. The highest BCUT2D eigenvalue weighted by molar-refractivity contribution is 6.01. The van der Waals surface area contributed by atoms with Crippen LogP contribution in [0.5, 0.6) is 23.0 Å². The van der Waals surface area contributed by atoms with Crippen molar-refractivity contribution in [2.45, 2.75) is 101 Å². The van der Waals surface area contributed by atoms with E-state index in [2.05, 4.69) is 50.3 Å². The first-order chi connectivity index (χ1) is 30.8. The molecule has 362 valence electrons. The van der Waals surface area contributed by atoms with Crippen molar-refractivity contribution in [2.24, 2.45) is 0 Å². The molecule has 4 rings (SSSR count). The van der Waals surface area contributed by atoms with Gasteiger partial charge in [0.2, 0.25) is 23.6 Å². The monoisotopic (exact) mass is 957 g/mol. The zero-order valence-electron chi connectivity index (χ0n) is 39.0. The predicted molar refractivity (Wildman–Crippen MR) is 255 cm³/mol. The maximum absolute atomic E-state index is 14.1. The van der Waals surface area contributed by atoms with E-state index in [1.807, 2.05) is 0 Å². The van der Waals surface area contributed by atoms with Crippen molar-refractivity contribution in [3.63, 3.8) is 0 Å². The number of halogens is 2. The maximum Gasteiger partial charge on any atom is 0.258 e. The number of nitrogens with one attached hydrogen (secondary N) is 5. The lowest BCUT2D eigenvalue weighted by Crippen LogP contribution is -2.54. The molecule has 6 atom stereocenters. The minimum atomic E-state index is -1.01. The average Bonchev–Trinajstić information content (AvgIpc) is 4.01. The molecule has 2 saturated heterocycles. The van der Waals surface area contributed by atoms with Gasteiger partial charge in [0, 0.05) is 51.0 Å². The van der Waals surface area contributed by atoms with Crippen LogP contribution in [-0.4, -0.2) is 144 Å². The molecule has 0 saturated carbocycles. The molecule has 0 spiro atoms. The fourth-order valence-electron chi connectivity index (χ4n) is 7.74. The lowest BCUT2D eigenvalue weighted by atomic mass is 10.00. The van der Waals surface area contributed by atoms with Crippen LogP contribution in [0.1, 0.15) is 85.9 Å². The molecular weight excluding hydrogens is 893 g/mol. The van der Waals surface area contributed by atoms with Gasteiger partial charge in [-0.05, 0) is 96.2 Å². The second kappa shape index (κ2) is 28.3. The summed E-state index contributed by atoms with van der Waals surface area (Å²) in [4.78, 5) is 84.3. The van der Waals surface area contributed by atoms with Crippen LogP contribution >= 0.6 is 24.8 Å². The van der Waals surface area contributed by atoms with Gasteiger partial charge >= 0.3 is 0 Å². The summed E-state index contributed by atoms with van der Waals surface area (Å²) >= 11 is 0. The van der Waals surface area contributed by atoms with Crippen LogP contribution in [0.25, 0.3) is 0 Å². The summed E-state index contributed by atoms with van der Waals surface area (Å²) in [6, 6.07) is 6.44. The number of Topliss-reactive ketones (excluding diaryl/α,β-unsaturated/α-hetero) is 1. The zero-order valence-corrected chi connectivity index (χ0v) is 40.6. The summed E-state index contributed by atoms with van der Waals surface area (Å²) in [5.74, 6) is 10.9. The maximum atomic E-state index is 14.1. The van der Waals surface area contributed by atoms with E-state index >= 15 is 0 Å². The van der Waals surface area contributed by atoms with E-state index < -0.39 is 36.0 Å². The number of carbonyl (C=O) groups is 6. The van der Waals surface area contributed by atoms with E-state index in [4.69, 9.17) is 18.9 Å². The molecular formula is C47H65Cl2N7O10. The third-order valence-corrected chi connectivity index (χ3v) is 11.6. The number of likely N-dealkylation sites (tertiary alicyclic amines) is 2. The van der Waals surface area contributed by atoms with Crippen LogP contribution in [-0.2, 0) is 19.2 Å². The Bertz CT molecular complexity index is 1930. The molecule has 0 aromatic heterocycles. The van der Waals surface area contributed by atoms with Crippen LogP contribution in [0, 0.1) is 23.7 Å². The molecule has 19 heteroatoms. The highest BCUT2D eigenvalue weighted by atomic mass is 35.5. The highest BCUT2D eigenvalue weighted by Crippen LogP contribution is 2.32. The largest absolute Gasteiger partial charge is 0.496 e. The number of hydrogen-bond acceptors (Lipinski definition) is 12. The molecule has 2 aliphatic rings. The minimum absolute atomic E-state index is 0. The number of methoxy groups -OCH3 is 4. The summed E-state index contributed by atoms with van der Waals surface area (Å²) < 4.78 is 21.6. The van der Waals surface area contributed by atoms with E-state index in [-0.39, 0.29) is 91.8 Å². The number of hydrogen-bond donors (Lipinski definition) is 5. The molecule has 0 bridgehead atoms. The van der Waals surface area contributed by atoms with E-state index in [9.17, 15) is 28.8 Å². The van der Waals surface area contributed by atoms with Gasteiger partial charge in [0.05, 0.1) is 40.5 Å². The van der Waals surface area contributed by atoms with Gasteiger partial charge in [-0.15, -0.1) is 24.8 Å². The predicted octanol–water partition coefficient (Wildman–Crippen LogP) is 2.91. The Morgan fingerprint density at radius 1 is 0.652 bits per heavy atom. The normalized spacial score (nSPS) is 16.7. The minimum Gasteiger partial charge on any atom is -0.496 e. The van der Waals surface area contributed by atoms with Crippen LogP contribution in [0.3, 0.4) is 0 Å². The third kappa shape index (κ3) is 14.9. The standard InChI is InChI=1S/C47H63N7O10.2ClH/c1-30(48-3)43(56)51-34(46(59)53-27-15-17-32(53)25-26-36(55)41-37(61-5)21-13-22-38(41)62-6)19-11-9-10-12-20-35(52-44(57)31(2)49-4)47(60)54-28-16-18-33(54)29-50-45(58)42-39(63-7)23-14-24-40(42)64-8;;/h13-14,21-24,30-35,48-49H,15-20,25-29H2,1-8H3,(H,50,58)(H,51,56)(H,52,57);2*1H/t30-,31-,32-,33-,34-,35-;;/m0../s1. The van der Waals surface area contributed by atoms with Gasteiger partial charge in [-0.2, -0.15) is 0 Å². The van der Waals surface area contributed by atoms with Gasteiger partial charge < -0.3 is 55.3 Å². The zero-order chi connectivity index (χ0) is 46.8. The van der Waals surface area contributed by atoms with Crippen molar-refractivity contribution in [3.8, 4) is 46.7 Å². The first-order valence-corrected chi connectivity index (χ1v) is 21.6. The Morgan fingerprint density at radius 3 is 1.48 bits per heavy atom. The van der Waals surface area contributed by atoms with Gasteiger partial charge in [0.15, 0.2) is 5.78 Å². The number of likely N-dealkylation sites (N-methyl/N-ethyl adjacent to an activating group) is 2. The van der Waals surface area contributed by atoms with E-state index in [0.717, 1.165) is 6.42 Å². The summed E-state index contributed by atoms with van der Waals surface area (Å²) in [5.41, 5.74) is 0.594. The first kappa shape index (κ1) is 56.4. The molecule has 0 radical (unpaired) electrons. The Kier molecular flexibility index (Phi) is 24.2. The van der Waals surface area contributed by atoms with Crippen molar-refractivity contribution in [1.82, 2.24) is 36.4 Å². The highest BCUT2D eigenvalue weighted by Gasteiger charge is 2.36. The van der Waals surface area contributed by atoms with Crippen LogP contribution in [0.4, 0.5) is 0 Å². The molecule has 2 aromatic carbocycles. The number of ketones is 1. The fourth-order valence-corrected chi connectivity index (χ4v) is 7.74. The second-order valence-electron chi connectivity index (χ2n) is 15.6. The van der Waals surface area contributed by atoms with Crippen molar-refractivity contribution >= 4 is 60.1 Å². The Hall–Kier alpha value is -5.72. The van der Waals surface area contributed by atoms with E-state index in [0.29, 0.717) is 67.3 Å². The van der Waals surface area contributed by atoms with E-state index in [1.54, 1.807) is 74.1 Å². The van der Waals surface area contributed by atoms with Crippen molar-refractivity contribution in [2.75, 3.05) is 62.2 Å². The molecule has 5 amide bonds. The number of amides is 5. The molecule has 0 aliphatic carbocycles. The summed E-state index contributed by atoms with van der Waals surface area (Å²) in [6.45, 7) is 4.40. The fraction of sp³-hybridized carbons (Fsp3) is 0.532. The average molecular weight is 959 g/mol. The molecule has 0 unspecified atom stereocenters. The Morgan fingerprint density at radius 2 is 1.06 bits per heavy atom. The number of nitrogens with zero attached hydrogens (tertiary/aromatic N) is 2. The van der Waals surface area contributed by atoms with Crippen LogP contribution < -0.4 is 45.5 Å². The van der Waals surface area contributed by atoms with Gasteiger partial charge in [0.1, 0.15) is 46.2 Å². The van der Waals surface area contributed by atoms with E-state index in [1.165, 1.54) is 28.4 Å². The van der Waals surface area contributed by atoms with Crippen molar-refractivity contribution < 1.29 is 47.7 Å². The molecule has 66 heavy (non-hydrogen) atoms. The smallest absolute Gasteiger partial charge is 0.258 e. The molecule has 2 fully saturated rings. The lowest BCUT2D eigenvalue weighted by Gasteiger charge is -2.29. The summed E-state index contributed by atoms with van der Waals surface area (Å²) in [6.07, 6.45) is 3.23. The molecule has 17 nitrogen and oxygen atoms in total. The Labute approximate surface area is 400 Å². The molecule has 2 aliphatic heterocycles. The molecule has 5 N–H and O–H groups in total. The van der Waals surface area contributed by atoms with Crippen molar-refractivity contribution in [3.05, 3.63) is 47.5 Å². The SMILES string of the molecule is CN[C@@H](C)C(=O)N[C@@H](CC#CC#CC[C@H](NC(=O)[C@H](C)NC)C(=O)N1CCC[C@H]1CNC(=O)c1c(OC)cccc1OC)C(=O)N1CCC[C@H]1CCC(=O)c1c(OC)cccc1OC.Cl.Cl. The Balaban J connectivity index is 0.00000748. The molecule has 2 aromatic rings. The second-order valence-corrected chi connectivity index (χ2v) is 15.6. The quantitative estimate of drug-likeness (QED) is 0.0906. The van der Waals surface area contributed by atoms with Crippen molar-refractivity contribution in [1.29, 1.82) is 0 Å². The van der Waals surface area contributed by atoms with Gasteiger partial charge in [0.25, 0.3) is 5.91 Å². The van der Waals surface area contributed by atoms with Crippen LogP contribution in [0.2, 0.25) is 0 Å². The number of ether oxygens (including phenoxy) is 4. The third-order valence-electron chi connectivity index (χ3n) is 11.6. The van der Waals surface area contributed by atoms with Gasteiger partial charge in [-0.1, -0.05) is 24.0 Å². The first-order valence-electron chi connectivity index (χ1n) is 21.6. The van der Waals surface area contributed by atoms with Gasteiger partial charge in [-0.3, -0.25) is 28.8 Å². The summed E-state index contributed by atoms with van der Waals surface area (Å²) in [7, 11) is 9.19.